The van der Waals surface area contributed by atoms with Gasteiger partial charge in [0.25, 0.3) is 5.91 Å². The van der Waals surface area contributed by atoms with Crippen LogP contribution < -0.4 is 17.0 Å². The molecule has 0 aliphatic rings. The third-order valence-electron chi connectivity index (χ3n) is 3.11. The van der Waals surface area contributed by atoms with Gasteiger partial charge in [-0.05, 0) is 36.2 Å². The molecule has 2 rings (SSSR count). The van der Waals surface area contributed by atoms with Crippen LogP contribution in [0, 0.1) is 6.92 Å². The lowest BCUT2D eigenvalue weighted by molar-refractivity contribution is 0.0953. The fraction of sp³-hybridized carbons (Fsp3) is 0.133. The third-order valence-corrected chi connectivity index (χ3v) is 4.97. The normalized spacial score (nSPS) is 10.4. The first-order valence-corrected chi connectivity index (χ1v) is 8.08. The zero-order valence-electron chi connectivity index (χ0n) is 11.5. The van der Waals surface area contributed by atoms with Gasteiger partial charge >= 0.3 is 0 Å². The minimum atomic E-state index is -0.308. The van der Waals surface area contributed by atoms with Crippen LogP contribution in [0.3, 0.4) is 0 Å². The number of hydrogen-bond acceptors (Lipinski definition) is 4. The van der Waals surface area contributed by atoms with Crippen molar-refractivity contribution in [2.45, 2.75) is 17.6 Å². The number of anilines is 1. The molecule has 1 amide bonds. The van der Waals surface area contributed by atoms with Crippen molar-refractivity contribution in [2.24, 2.45) is 5.84 Å². The van der Waals surface area contributed by atoms with Crippen molar-refractivity contribution in [1.82, 2.24) is 5.43 Å². The summed E-state index contributed by atoms with van der Waals surface area (Å²) in [7, 11) is 0. The van der Waals surface area contributed by atoms with Gasteiger partial charge in [0, 0.05) is 26.4 Å². The highest BCUT2D eigenvalue weighted by Crippen LogP contribution is 2.32. The van der Waals surface area contributed by atoms with Gasteiger partial charge in [0.05, 0.1) is 0 Å². The third kappa shape index (κ3) is 3.78. The molecule has 0 saturated carbocycles. The van der Waals surface area contributed by atoms with Crippen molar-refractivity contribution >= 4 is 39.3 Å². The van der Waals surface area contributed by atoms with Crippen molar-refractivity contribution < 1.29 is 4.79 Å². The van der Waals surface area contributed by atoms with E-state index in [0.29, 0.717) is 5.56 Å². The Hall–Kier alpha value is -1.50. The van der Waals surface area contributed by atoms with Gasteiger partial charge in [-0.3, -0.25) is 10.2 Å². The Bertz CT molecular complexity index is 676. The number of carbonyl (C=O) groups is 1. The van der Waals surface area contributed by atoms with Crippen LogP contribution in [-0.2, 0) is 5.75 Å². The number of rotatable bonds is 4. The summed E-state index contributed by atoms with van der Waals surface area (Å²) >= 11 is 5.15. The second-order valence-electron chi connectivity index (χ2n) is 4.56. The molecular formula is C15H16BrN3OS. The monoisotopic (exact) mass is 365 g/mol. The van der Waals surface area contributed by atoms with Gasteiger partial charge in [-0.25, -0.2) is 5.84 Å². The van der Waals surface area contributed by atoms with Crippen molar-refractivity contribution in [3.63, 3.8) is 0 Å². The average molecular weight is 366 g/mol. The van der Waals surface area contributed by atoms with Crippen LogP contribution in [-0.4, -0.2) is 5.91 Å². The van der Waals surface area contributed by atoms with Crippen LogP contribution in [0.4, 0.5) is 5.69 Å². The standard InChI is InChI=1S/C15H16BrN3OS/c1-9-3-2-4-13(14(9)17)21-8-11-6-5-10(7-12(11)16)15(20)19-18/h2-7H,8,17-18H2,1H3,(H,19,20). The van der Waals surface area contributed by atoms with Gasteiger partial charge < -0.3 is 5.73 Å². The zero-order chi connectivity index (χ0) is 15.4. The summed E-state index contributed by atoms with van der Waals surface area (Å²) < 4.78 is 0.877. The summed E-state index contributed by atoms with van der Waals surface area (Å²) in [6.45, 7) is 2.00. The minimum Gasteiger partial charge on any atom is -0.398 e. The predicted molar refractivity (Wildman–Crippen MR) is 90.9 cm³/mol. The van der Waals surface area contributed by atoms with Gasteiger partial charge in [0.1, 0.15) is 0 Å². The fourth-order valence-corrected chi connectivity index (χ4v) is 3.58. The lowest BCUT2D eigenvalue weighted by atomic mass is 10.1. The van der Waals surface area contributed by atoms with Gasteiger partial charge in [0.2, 0.25) is 0 Å². The van der Waals surface area contributed by atoms with E-state index in [1.54, 1.807) is 23.9 Å². The maximum Gasteiger partial charge on any atom is 0.265 e. The minimum absolute atomic E-state index is 0.308. The van der Waals surface area contributed by atoms with Crippen molar-refractivity contribution in [2.75, 3.05) is 5.73 Å². The Morgan fingerprint density at radius 3 is 2.76 bits per heavy atom. The van der Waals surface area contributed by atoms with E-state index < -0.39 is 0 Å². The SMILES string of the molecule is Cc1cccc(SCc2ccc(C(=O)NN)cc2Br)c1N. The highest BCUT2D eigenvalue weighted by atomic mass is 79.9. The number of para-hydroxylation sites is 1. The van der Waals surface area contributed by atoms with Crippen LogP contribution in [0.2, 0.25) is 0 Å². The van der Waals surface area contributed by atoms with Gasteiger partial charge in [0.15, 0.2) is 0 Å². The van der Waals surface area contributed by atoms with Crippen molar-refractivity contribution in [3.8, 4) is 0 Å². The molecular weight excluding hydrogens is 350 g/mol. The number of amides is 1. The zero-order valence-corrected chi connectivity index (χ0v) is 13.9. The van der Waals surface area contributed by atoms with Crippen LogP contribution >= 0.6 is 27.7 Å². The van der Waals surface area contributed by atoms with Crippen molar-refractivity contribution in [3.05, 3.63) is 57.6 Å². The molecule has 21 heavy (non-hydrogen) atoms. The molecule has 5 N–H and O–H groups in total. The number of thioether (sulfide) groups is 1. The molecule has 0 bridgehead atoms. The Morgan fingerprint density at radius 1 is 1.33 bits per heavy atom. The number of benzene rings is 2. The topological polar surface area (TPSA) is 81.1 Å². The van der Waals surface area contributed by atoms with Gasteiger partial charge in [-0.1, -0.05) is 34.1 Å². The maximum atomic E-state index is 11.5. The Balaban J connectivity index is 2.13. The number of carbonyl (C=O) groups excluding carboxylic acids is 1. The van der Waals surface area contributed by atoms with E-state index in [0.717, 1.165) is 31.9 Å². The van der Waals surface area contributed by atoms with Crippen LogP contribution in [0.15, 0.2) is 45.8 Å². The molecule has 0 atom stereocenters. The molecule has 0 radical (unpaired) electrons. The van der Waals surface area contributed by atoms with E-state index in [-0.39, 0.29) is 5.91 Å². The van der Waals surface area contributed by atoms with Crippen LogP contribution in [0.1, 0.15) is 21.5 Å². The van der Waals surface area contributed by atoms with Gasteiger partial charge in [-0.2, -0.15) is 0 Å². The van der Waals surface area contributed by atoms with E-state index in [1.165, 1.54) is 0 Å². The molecule has 110 valence electrons. The lowest BCUT2D eigenvalue weighted by Crippen LogP contribution is -2.29. The average Bonchev–Trinajstić information content (AvgIpc) is 2.49. The fourth-order valence-electron chi connectivity index (χ4n) is 1.82. The molecule has 0 aromatic heterocycles. The largest absolute Gasteiger partial charge is 0.398 e. The first-order valence-electron chi connectivity index (χ1n) is 6.30. The highest BCUT2D eigenvalue weighted by Gasteiger charge is 2.09. The summed E-state index contributed by atoms with van der Waals surface area (Å²) in [5.74, 6) is 5.58. The molecule has 0 heterocycles. The van der Waals surface area contributed by atoms with Crippen LogP contribution in [0.25, 0.3) is 0 Å². The number of hydrogen-bond donors (Lipinski definition) is 3. The second-order valence-corrected chi connectivity index (χ2v) is 6.43. The number of hydrazine groups is 1. The number of nitrogens with one attached hydrogen (secondary N) is 1. The first kappa shape index (κ1) is 15.9. The molecule has 4 nitrogen and oxygen atoms in total. The predicted octanol–water partition coefficient (Wildman–Crippen LogP) is 3.24. The first-order chi connectivity index (χ1) is 10.0. The Morgan fingerprint density at radius 2 is 2.10 bits per heavy atom. The van der Waals surface area contributed by atoms with E-state index in [9.17, 15) is 4.79 Å². The molecule has 2 aromatic rings. The lowest BCUT2D eigenvalue weighted by Gasteiger charge is -2.10. The smallest absolute Gasteiger partial charge is 0.265 e. The van der Waals surface area contributed by atoms with Gasteiger partial charge in [-0.15, -0.1) is 11.8 Å². The summed E-state index contributed by atoms with van der Waals surface area (Å²) in [5.41, 5.74) is 11.7. The van der Waals surface area contributed by atoms with E-state index >= 15 is 0 Å². The van der Waals surface area contributed by atoms with E-state index in [4.69, 9.17) is 11.6 Å². The number of halogens is 1. The van der Waals surface area contributed by atoms with Crippen molar-refractivity contribution in [1.29, 1.82) is 0 Å². The summed E-state index contributed by atoms with van der Waals surface area (Å²) in [6.07, 6.45) is 0. The summed E-state index contributed by atoms with van der Waals surface area (Å²) in [6, 6.07) is 11.4. The molecule has 0 aliphatic heterocycles. The molecule has 6 heteroatoms. The number of nitrogen functional groups attached to an aromatic ring is 2. The van der Waals surface area contributed by atoms with Crippen LogP contribution in [0.5, 0.6) is 0 Å². The van der Waals surface area contributed by atoms with E-state index in [2.05, 4.69) is 21.4 Å². The molecule has 0 spiro atoms. The quantitative estimate of drug-likeness (QED) is 0.255. The highest BCUT2D eigenvalue weighted by molar-refractivity contribution is 9.10. The molecule has 0 aliphatic carbocycles. The molecule has 2 aromatic carbocycles. The Kier molecular flexibility index (Phi) is 5.27. The second kappa shape index (κ2) is 6.98. The maximum absolute atomic E-state index is 11.5. The molecule has 0 fully saturated rings. The summed E-state index contributed by atoms with van der Waals surface area (Å²) in [5, 5.41) is 0. The van der Waals surface area contributed by atoms with E-state index in [1.807, 2.05) is 31.2 Å². The molecule has 0 unspecified atom stereocenters. The Labute approximate surface area is 136 Å². The molecule has 0 saturated heterocycles. The number of aryl methyl sites for hydroxylation is 1. The number of nitrogens with two attached hydrogens (primary N) is 2. The summed E-state index contributed by atoms with van der Waals surface area (Å²) in [4.78, 5) is 12.5.